The van der Waals surface area contributed by atoms with Crippen LogP contribution in [0.5, 0.6) is 0 Å². The van der Waals surface area contributed by atoms with E-state index in [1.54, 1.807) is 23.1 Å². The summed E-state index contributed by atoms with van der Waals surface area (Å²) in [5, 5.41) is 3.56. The number of carbonyl (C=O) groups excluding carboxylic acids is 1. The number of hydrogen-bond donors (Lipinski definition) is 2. The molecule has 0 unspecified atom stereocenters. The Hall–Kier alpha value is -3.56. The van der Waals surface area contributed by atoms with E-state index in [4.69, 9.17) is 5.73 Å². The lowest BCUT2D eigenvalue weighted by Gasteiger charge is -2.16. The fourth-order valence-corrected chi connectivity index (χ4v) is 5.26. The Bertz CT molecular complexity index is 1420. The number of nitrogens with one attached hydrogen (secondary N) is 1. The maximum absolute atomic E-state index is 14.5. The van der Waals surface area contributed by atoms with Crippen molar-refractivity contribution < 1.29 is 13.6 Å². The number of nitrogens with two attached hydrogens (primary N) is 1. The van der Waals surface area contributed by atoms with Crippen LogP contribution in [0.3, 0.4) is 0 Å². The molecular formula is C24H20F2N4O2S. The molecule has 3 N–H and O–H groups in total. The van der Waals surface area contributed by atoms with Gasteiger partial charge in [-0.3, -0.25) is 14.2 Å². The minimum absolute atomic E-state index is 0.0285. The maximum atomic E-state index is 14.5. The van der Waals surface area contributed by atoms with Crippen molar-refractivity contribution in [2.45, 2.75) is 12.5 Å². The zero-order valence-electron chi connectivity index (χ0n) is 17.4. The summed E-state index contributed by atoms with van der Waals surface area (Å²) in [6.45, 7) is 0.938. The molecule has 1 amide bonds. The predicted molar refractivity (Wildman–Crippen MR) is 126 cm³/mol. The zero-order valence-corrected chi connectivity index (χ0v) is 18.2. The van der Waals surface area contributed by atoms with Gasteiger partial charge in [0.05, 0.1) is 17.1 Å². The molecule has 2 aromatic carbocycles. The van der Waals surface area contributed by atoms with Crippen LogP contribution in [0.15, 0.2) is 65.5 Å². The summed E-state index contributed by atoms with van der Waals surface area (Å²) in [6.07, 6.45) is 0.695. The van der Waals surface area contributed by atoms with Crippen LogP contribution in [0.25, 0.3) is 15.9 Å². The number of para-hydroxylation sites is 1. The second-order valence-electron chi connectivity index (χ2n) is 7.92. The average molecular weight is 467 g/mol. The molecule has 1 aliphatic rings. The Labute approximate surface area is 191 Å². The maximum Gasteiger partial charge on any atom is 0.266 e. The topological polar surface area (TPSA) is 80.4 Å². The molecule has 5 rings (SSSR count). The largest absolute Gasteiger partial charge is 0.351 e. The molecule has 2 aromatic heterocycles. The third-order valence-corrected chi connectivity index (χ3v) is 6.83. The Morgan fingerprint density at radius 2 is 1.88 bits per heavy atom. The van der Waals surface area contributed by atoms with E-state index in [1.165, 1.54) is 16.7 Å². The molecule has 0 aliphatic carbocycles. The Balaban J connectivity index is 1.72. The second-order valence-corrected chi connectivity index (χ2v) is 8.92. The second kappa shape index (κ2) is 8.42. The van der Waals surface area contributed by atoms with Crippen LogP contribution in [0.2, 0.25) is 0 Å². The number of rotatable bonds is 4. The van der Waals surface area contributed by atoms with Gasteiger partial charge < -0.3 is 16.0 Å². The van der Waals surface area contributed by atoms with E-state index >= 15 is 0 Å². The van der Waals surface area contributed by atoms with Crippen molar-refractivity contribution in [3.63, 3.8) is 0 Å². The minimum Gasteiger partial charge on any atom is -0.351 e. The average Bonchev–Trinajstić information content (AvgIpc) is 3.39. The number of carbonyl (C=O) groups is 1. The van der Waals surface area contributed by atoms with Gasteiger partial charge in [-0.15, -0.1) is 11.3 Å². The number of benzene rings is 2. The molecule has 6 nitrogen and oxygen atoms in total. The zero-order chi connectivity index (χ0) is 23.1. The van der Waals surface area contributed by atoms with Crippen LogP contribution in [-0.4, -0.2) is 34.5 Å². The number of hydrogen-bond acceptors (Lipinski definition) is 5. The van der Waals surface area contributed by atoms with Crippen LogP contribution in [0, 0.1) is 11.6 Å². The van der Waals surface area contributed by atoms with Gasteiger partial charge in [-0.05, 0) is 36.8 Å². The van der Waals surface area contributed by atoms with Crippen molar-refractivity contribution >= 4 is 38.8 Å². The summed E-state index contributed by atoms with van der Waals surface area (Å²) >= 11 is 1.16. The number of fused-ring (bicyclic) bond motifs is 1. The van der Waals surface area contributed by atoms with Crippen molar-refractivity contribution in [1.29, 1.82) is 0 Å². The third kappa shape index (κ3) is 3.90. The molecule has 1 saturated heterocycles. The van der Waals surface area contributed by atoms with Crippen molar-refractivity contribution in [2.75, 3.05) is 18.4 Å². The first-order valence-electron chi connectivity index (χ1n) is 10.4. The molecule has 3 heterocycles. The number of halogens is 2. The van der Waals surface area contributed by atoms with Gasteiger partial charge in [0.2, 0.25) is 0 Å². The standard InChI is InChI=1S/C24H20F2N4O2S/c25-14-6-8-19(18(26)12-14)28-21-17-7-9-20(31)30(16-4-2-1-3-5-16)24(17)33-22(21)23(32)29-11-10-15(27)13-29/h1-9,12,15,28H,10-11,13,27H2/t15-/m1/s1. The van der Waals surface area contributed by atoms with Gasteiger partial charge in [-0.2, -0.15) is 0 Å². The lowest BCUT2D eigenvalue weighted by Crippen LogP contribution is -2.31. The number of amides is 1. The van der Waals surface area contributed by atoms with E-state index < -0.39 is 11.6 Å². The molecule has 4 aromatic rings. The van der Waals surface area contributed by atoms with Gasteiger partial charge in [-0.25, -0.2) is 8.78 Å². The Kier molecular flexibility index (Phi) is 5.43. The first-order chi connectivity index (χ1) is 15.9. The molecule has 9 heteroatoms. The molecule has 0 spiro atoms. The smallest absolute Gasteiger partial charge is 0.266 e. The quantitative estimate of drug-likeness (QED) is 0.471. The molecule has 0 radical (unpaired) electrons. The van der Waals surface area contributed by atoms with Crippen LogP contribution >= 0.6 is 11.3 Å². The summed E-state index contributed by atoms with van der Waals surface area (Å²) in [6, 6.07) is 15.2. The third-order valence-electron chi connectivity index (χ3n) is 5.65. The van der Waals surface area contributed by atoms with Crippen LogP contribution in [-0.2, 0) is 0 Å². The lowest BCUT2D eigenvalue weighted by atomic mass is 10.2. The van der Waals surface area contributed by atoms with Gasteiger partial charge in [0, 0.05) is 36.7 Å². The number of likely N-dealkylation sites (tertiary alicyclic amines) is 1. The van der Waals surface area contributed by atoms with Crippen LogP contribution < -0.4 is 16.6 Å². The van der Waals surface area contributed by atoms with Crippen LogP contribution in [0.1, 0.15) is 16.1 Å². The normalized spacial score (nSPS) is 15.8. The van der Waals surface area contributed by atoms with Gasteiger partial charge in [0.1, 0.15) is 21.3 Å². The highest BCUT2D eigenvalue weighted by atomic mass is 32.1. The van der Waals surface area contributed by atoms with Crippen molar-refractivity contribution in [3.8, 4) is 5.69 Å². The molecule has 33 heavy (non-hydrogen) atoms. The number of nitrogens with zero attached hydrogens (tertiary/aromatic N) is 2. The number of thiophene rings is 1. The van der Waals surface area contributed by atoms with Crippen molar-refractivity contribution in [2.24, 2.45) is 5.73 Å². The molecule has 1 aliphatic heterocycles. The number of anilines is 2. The Morgan fingerprint density at radius 3 is 2.58 bits per heavy atom. The number of pyridine rings is 1. The highest BCUT2D eigenvalue weighted by molar-refractivity contribution is 7.21. The first-order valence-corrected chi connectivity index (χ1v) is 11.2. The molecular weight excluding hydrogens is 446 g/mol. The van der Waals surface area contributed by atoms with E-state index in [-0.39, 0.29) is 23.2 Å². The van der Waals surface area contributed by atoms with E-state index in [0.717, 1.165) is 23.5 Å². The SMILES string of the molecule is N[C@@H]1CCN(C(=O)c2sc3c(ccc(=O)n3-c3ccccc3)c2Nc2ccc(F)cc2F)C1. The number of aromatic nitrogens is 1. The Morgan fingerprint density at radius 1 is 1.09 bits per heavy atom. The first kappa shape index (κ1) is 21.3. The van der Waals surface area contributed by atoms with Gasteiger partial charge in [0.25, 0.3) is 11.5 Å². The van der Waals surface area contributed by atoms with Crippen molar-refractivity contribution in [3.05, 3.63) is 87.5 Å². The fraction of sp³-hybridized carbons (Fsp3) is 0.167. The highest BCUT2D eigenvalue weighted by Crippen LogP contribution is 2.39. The molecule has 1 fully saturated rings. The molecule has 168 valence electrons. The summed E-state index contributed by atoms with van der Waals surface area (Å²) < 4.78 is 29.4. The highest BCUT2D eigenvalue weighted by Gasteiger charge is 2.29. The molecule has 0 saturated carbocycles. The summed E-state index contributed by atoms with van der Waals surface area (Å²) in [4.78, 5) is 28.8. The summed E-state index contributed by atoms with van der Waals surface area (Å²) in [7, 11) is 0. The van der Waals surface area contributed by atoms with E-state index in [9.17, 15) is 18.4 Å². The van der Waals surface area contributed by atoms with Gasteiger partial charge in [-0.1, -0.05) is 18.2 Å². The monoisotopic (exact) mass is 466 g/mol. The predicted octanol–water partition coefficient (Wildman–Crippen LogP) is 4.25. The molecule has 0 bridgehead atoms. The molecule has 1 atom stereocenters. The van der Waals surface area contributed by atoms with Gasteiger partial charge in [0.15, 0.2) is 0 Å². The van der Waals surface area contributed by atoms with Crippen LogP contribution in [0.4, 0.5) is 20.2 Å². The fourth-order valence-electron chi connectivity index (χ4n) is 4.02. The van der Waals surface area contributed by atoms with E-state index in [1.807, 2.05) is 18.2 Å². The lowest BCUT2D eigenvalue weighted by molar-refractivity contribution is 0.0796. The van der Waals surface area contributed by atoms with E-state index in [0.29, 0.717) is 46.0 Å². The minimum atomic E-state index is -0.785. The summed E-state index contributed by atoms with van der Waals surface area (Å²) in [5.74, 6) is -1.73. The summed E-state index contributed by atoms with van der Waals surface area (Å²) in [5.41, 5.74) is 6.79. The van der Waals surface area contributed by atoms with Crippen molar-refractivity contribution in [1.82, 2.24) is 9.47 Å². The van der Waals surface area contributed by atoms with E-state index in [2.05, 4.69) is 5.32 Å². The van der Waals surface area contributed by atoms with Gasteiger partial charge >= 0.3 is 0 Å².